The first-order valence-corrected chi connectivity index (χ1v) is 9.50. The molecule has 0 fully saturated rings. The van der Waals surface area contributed by atoms with Crippen LogP contribution >= 0.6 is 0 Å². The Kier molecular flexibility index (Phi) is 7.08. The molecule has 0 unspecified atom stereocenters. The van der Waals surface area contributed by atoms with E-state index in [1.807, 2.05) is 57.2 Å². The molecule has 29 heavy (non-hydrogen) atoms. The minimum absolute atomic E-state index is 0.00511. The molecule has 0 amide bonds. The molecule has 0 saturated carbocycles. The van der Waals surface area contributed by atoms with E-state index in [-0.39, 0.29) is 19.0 Å². The van der Waals surface area contributed by atoms with Crippen molar-refractivity contribution in [2.24, 2.45) is 0 Å². The van der Waals surface area contributed by atoms with Gasteiger partial charge in [0, 0.05) is 37.4 Å². The Balaban J connectivity index is 1.57. The van der Waals surface area contributed by atoms with E-state index in [1.165, 1.54) is 0 Å². The van der Waals surface area contributed by atoms with Gasteiger partial charge < -0.3 is 23.5 Å². The van der Waals surface area contributed by atoms with E-state index in [9.17, 15) is 0 Å². The highest BCUT2D eigenvalue weighted by atomic mass is 16.7. The first-order valence-electron chi connectivity index (χ1n) is 9.50. The van der Waals surface area contributed by atoms with Gasteiger partial charge in [-0.05, 0) is 61.8 Å². The lowest BCUT2D eigenvalue weighted by Crippen LogP contribution is -2.15. The van der Waals surface area contributed by atoms with Crippen LogP contribution in [0.25, 0.3) is 11.3 Å². The van der Waals surface area contributed by atoms with Gasteiger partial charge in [0.15, 0.2) is 12.6 Å². The van der Waals surface area contributed by atoms with Gasteiger partial charge in [-0.1, -0.05) is 0 Å². The summed E-state index contributed by atoms with van der Waals surface area (Å²) in [5.74, 6) is 2.42. The summed E-state index contributed by atoms with van der Waals surface area (Å²) in [6.07, 6.45) is 2.60. The Morgan fingerprint density at radius 2 is 1.76 bits per heavy atom. The topological polar surface area (TPSA) is 75.8 Å². The third-order valence-corrected chi connectivity index (χ3v) is 3.97. The van der Waals surface area contributed by atoms with Crippen LogP contribution in [0.4, 0.5) is 0 Å². The van der Waals surface area contributed by atoms with E-state index in [1.54, 1.807) is 19.4 Å². The molecule has 0 radical (unpaired) electrons. The molecule has 3 rings (SSSR count). The second-order valence-corrected chi connectivity index (χ2v) is 6.91. The lowest BCUT2D eigenvalue weighted by molar-refractivity contribution is 0.0453. The van der Waals surface area contributed by atoms with Crippen molar-refractivity contribution >= 4 is 0 Å². The van der Waals surface area contributed by atoms with Gasteiger partial charge in [-0.2, -0.15) is 0 Å². The van der Waals surface area contributed by atoms with E-state index < -0.39 is 0 Å². The van der Waals surface area contributed by atoms with Gasteiger partial charge in [-0.15, -0.1) is 0 Å². The quantitative estimate of drug-likeness (QED) is 0.465. The summed E-state index contributed by atoms with van der Waals surface area (Å²) >= 11 is 0. The third-order valence-electron chi connectivity index (χ3n) is 3.97. The van der Waals surface area contributed by atoms with E-state index in [0.717, 1.165) is 23.3 Å². The predicted octanol–water partition coefficient (Wildman–Crippen LogP) is 4.52. The second-order valence-electron chi connectivity index (χ2n) is 6.91. The molecule has 1 atom stereocenters. The Labute approximate surface area is 170 Å². The number of methoxy groups -OCH3 is 1. The fourth-order valence-corrected chi connectivity index (χ4v) is 2.77. The Morgan fingerprint density at radius 1 is 0.966 bits per heavy atom. The monoisotopic (exact) mass is 398 g/mol. The summed E-state index contributed by atoms with van der Waals surface area (Å²) in [6.45, 7) is 6.12. The van der Waals surface area contributed by atoms with Crippen LogP contribution in [0.15, 0.2) is 53.2 Å². The average Bonchev–Trinajstić information content (AvgIpc) is 3.15. The number of benzene rings is 1. The van der Waals surface area contributed by atoms with Crippen molar-refractivity contribution < 1.29 is 23.5 Å². The van der Waals surface area contributed by atoms with Crippen LogP contribution in [0.1, 0.15) is 26.3 Å². The van der Waals surface area contributed by atoms with Crippen LogP contribution in [-0.4, -0.2) is 36.3 Å². The fourth-order valence-electron chi connectivity index (χ4n) is 2.77. The lowest BCUT2D eigenvalue weighted by atomic mass is 10.1. The van der Waals surface area contributed by atoms with Gasteiger partial charge in [-0.3, -0.25) is 0 Å². The summed E-state index contributed by atoms with van der Waals surface area (Å²) in [5.41, 5.74) is 2.00. The zero-order valence-electron chi connectivity index (χ0n) is 17.1. The van der Waals surface area contributed by atoms with Crippen molar-refractivity contribution in [3.63, 3.8) is 0 Å². The molecule has 2 aromatic heterocycles. The largest absolute Gasteiger partial charge is 0.490 e. The molecule has 7 nitrogen and oxygen atoms in total. The number of aromatic nitrogens is 2. The zero-order chi connectivity index (χ0) is 20.6. The Hall–Kier alpha value is -3.06. The standard InChI is InChI=1S/C22H26N2O5/c1-15(2)27-21-12-17(9-10-23-21)11-16(3)28-19-7-5-18(6-8-19)20-13-22(24-29-20)26-14-25-4/h5-10,12-13,15-16H,11,14H2,1-4H3/t16-/m0/s1. The van der Waals surface area contributed by atoms with Gasteiger partial charge in [0.1, 0.15) is 5.75 Å². The van der Waals surface area contributed by atoms with Crippen molar-refractivity contribution in [3.05, 3.63) is 54.2 Å². The van der Waals surface area contributed by atoms with Crippen LogP contribution in [-0.2, 0) is 11.2 Å². The third kappa shape index (κ3) is 6.22. The minimum atomic E-state index is -0.00511. The Bertz CT molecular complexity index is 892. The van der Waals surface area contributed by atoms with Crippen molar-refractivity contribution in [1.82, 2.24) is 10.1 Å². The highest BCUT2D eigenvalue weighted by Crippen LogP contribution is 2.26. The molecule has 0 saturated heterocycles. The molecule has 2 heterocycles. The summed E-state index contributed by atoms with van der Waals surface area (Å²) in [6, 6.07) is 13.3. The normalized spacial score (nSPS) is 12.0. The van der Waals surface area contributed by atoms with Gasteiger partial charge in [0.25, 0.3) is 5.88 Å². The second kappa shape index (κ2) is 9.93. The first-order chi connectivity index (χ1) is 14.0. The van der Waals surface area contributed by atoms with E-state index in [0.29, 0.717) is 17.5 Å². The highest BCUT2D eigenvalue weighted by Gasteiger charge is 2.10. The number of pyridine rings is 1. The fraction of sp³-hybridized carbons (Fsp3) is 0.364. The van der Waals surface area contributed by atoms with E-state index >= 15 is 0 Å². The smallest absolute Gasteiger partial charge is 0.256 e. The minimum Gasteiger partial charge on any atom is -0.490 e. The van der Waals surface area contributed by atoms with Crippen LogP contribution in [0.5, 0.6) is 17.5 Å². The molecule has 154 valence electrons. The molecule has 0 spiro atoms. The predicted molar refractivity (Wildman–Crippen MR) is 108 cm³/mol. The lowest BCUT2D eigenvalue weighted by Gasteiger charge is -2.16. The van der Waals surface area contributed by atoms with Gasteiger partial charge in [0.05, 0.1) is 12.2 Å². The Morgan fingerprint density at radius 3 is 2.48 bits per heavy atom. The zero-order valence-corrected chi connectivity index (χ0v) is 17.1. The molecular formula is C22H26N2O5. The molecule has 0 aliphatic rings. The van der Waals surface area contributed by atoms with Crippen LogP contribution in [0.2, 0.25) is 0 Å². The molecule has 3 aromatic rings. The van der Waals surface area contributed by atoms with Gasteiger partial charge in [0.2, 0.25) is 5.88 Å². The number of nitrogens with zero attached hydrogens (tertiary/aromatic N) is 2. The van der Waals surface area contributed by atoms with E-state index in [2.05, 4.69) is 10.1 Å². The molecular weight excluding hydrogens is 372 g/mol. The highest BCUT2D eigenvalue weighted by molar-refractivity contribution is 5.59. The summed E-state index contributed by atoms with van der Waals surface area (Å²) in [4.78, 5) is 4.23. The number of ether oxygens (including phenoxy) is 4. The maximum atomic E-state index is 6.04. The molecule has 0 N–H and O–H groups in total. The molecule has 0 aliphatic heterocycles. The maximum absolute atomic E-state index is 6.04. The SMILES string of the molecule is COCOc1cc(-c2ccc(O[C@@H](C)Cc3ccnc(OC(C)C)c3)cc2)on1. The van der Waals surface area contributed by atoms with E-state index in [4.69, 9.17) is 23.5 Å². The van der Waals surface area contributed by atoms with Crippen LogP contribution in [0.3, 0.4) is 0 Å². The summed E-state index contributed by atoms with van der Waals surface area (Å²) in [7, 11) is 1.55. The molecule has 0 aliphatic carbocycles. The first kappa shape index (κ1) is 20.7. The van der Waals surface area contributed by atoms with Crippen molar-refractivity contribution in [2.45, 2.75) is 39.4 Å². The van der Waals surface area contributed by atoms with Crippen LogP contribution < -0.4 is 14.2 Å². The van der Waals surface area contributed by atoms with Gasteiger partial charge >= 0.3 is 0 Å². The number of hydrogen-bond acceptors (Lipinski definition) is 7. The van der Waals surface area contributed by atoms with Crippen molar-refractivity contribution in [2.75, 3.05) is 13.9 Å². The average molecular weight is 398 g/mol. The van der Waals surface area contributed by atoms with Crippen molar-refractivity contribution in [3.8, 4) is 28.8 Å². The van der Waals surface area contributed by atoms with Gasteiger partial charge in [-0.25, -0.2) is 4.98 Å². The number of hydrogen-bond donors (Lipinski definition) is 0. The molecule has 1 aromatic carbocycles. The molecule has 0 bridgehead atoms. The maximum Gasteiger partial charge on any atom is 0.256 e. The van der Waals surface area contributed by atoms with Crippen molar-refractivity contribution in [1.29, 1.82) is 0 Å². The van der Waals surface area contributed by atoms with Crippen LogP contribution in [0, 0.1) is 0 Å². The number of rotatable bonds is 10. The summed E-state index contributed by atoms with van der Waals surface area (Å²) < 4.78 is 27.1. The molecule has 7 heteroatoms. The summed E-state index contributed by atoms with van der Waals surface area (Å²) in [5, 5.41) is 3.85.